The van der Waals surface area contributed by atoms with Gasteiger partial charge in [-0.1, -0.05) is 160 Å². The quantitative estimate of drug-likeness (QED) is 0.200. The Hall–Kier alpha value is -3.32. The van der Waals surface area contributed by atoms with E-state index in [1.807, 2.05) is 41.5 Å². The molecule has 4 aromatic rings. The van der Waals surface area contributed by atoms with Gasteiger partial charge in [0, 0.05) is 24.2 Å². The molecule has 0 unspecified atom stereocenters. The second-order valence-electron chi connectivity index (χ2n) is 10.4. The van der Waals surface area contributed by atoms with Gasteiger partial charge in [0.15, 0.2) is 0 Å². The van der Waals surface area contributed by atoms with Crippen LogP contribution in [0.15, 0.2) is 91.0 Å². The highest BCUT2D eigenvalue weighted by atomic mass is 15.2. The van der Waals surface area contributed by atoms with Gasteiger partial charge in [0.05, 0.1) is 0 Å². The fourth-order valence-electron chi connectivity index (χ4n) is 5.78. The maximum absolute atomic E-state index is 2.49. The lowest BCUT2D eigenvalue weighted by Crippen LogP contribution is -2.30. The van der Waals surface area contributed by atoms with Crippen LogP contribution in [-0.2, 0) is 19.3 Å². The smallest absolute Gasteiger partial charge is 0.0404 e. The number of hydrogen-bond acceptors (Lipinski definition) is 1. The number of hydrogen-bond donors (Lipinski definition) is 0. The summed E-state index contributed by atoms with van der Waals surface area (Å²) in [5.74, 6) is 0.677. The van der Waals surface area contributed by atoms with Crippen LogP contribution in [0, 0.1) is 6.92 Å². The van der Waals surface area contributed by atoms with E-state index in [1.165, 1.54) is 50.2 Å². The van der Waals surface area contributed by atoms with Gasteiger partial charge < -0.3 is 4.90 Å². The SMILES string of the molecule is C.CC.CC.CC.CCN1c2ccccc2[C@@H](C)[C@H]1C.CCc1cc(C)cc(CC)c1.c1ccc2c(c1)Cc1ccccc1-2. The molecular weight excluding hydrogens is 530 g/mol. The van der Waals surface area contributed by atoms with Gasteiger partial charge in [-0.25, -0.2) is 0 Å². The Bertz CT molecular complexity index is 1250. The second-order valence-corrected chi connectivity index (χ2v) is 10.4. The fraction of sp³-hybridized carbons (Fsp3) is 0.442. The number of anilines is 1. The van der Waals surface area contributed by atoms with Gasteiger partial charge in [-0.05, 0) is 85.0 Å². The highest BCUT2D eigenvalue weighted by Crippen LogP contribution is 2.40. The lowest BCUT2D eigenvalue weighted by Gasteiger charge is -2.24. The van der Waals surface area contributed by atoms with Gasteiger partial charge in [0.1, 0.15) is 0 Å². The van der Waals surface area contributed by atoms with Gasteiger partial charge in [0.25, 0.3) is 0 Å². The largest absolute Gasteiger partial charge is 0.368 e. The lowest BCUT2D eigenvalue weighted by atomic mass is 9.99. The zero-order valence-corrected chi connectivity index (χ0v) is 29.6. The van der Waals surface area contributed by atoms with E-state index in [9.17, 15) is 0 Å². The average Bonchev–Trinajstić information content (AvgIpc) is 3.58. The molecule has 1 aliphatic carbocycles. The molecule has 1 heteroatoms. The van der Waals surface area contributed by atoms with Crippen molar-refractivity contribution in [2.45, 2.75) is 122 Å². The van der Waals surface area contributed by atoms with Crippen molar-refractivity contribution in [2.24, 2.45) is 0 Å². The van der Waals surface area contributed by atoms with Crippen molar-refractivity contribution in [3.63, 3.8) is 0 Å². The first-order valence-electron chi connectivity index (χ1n) is 17.1. The van der Waals surface area contributed by atoms with Crippen LogP contribution in [0.1, 0.15) is 123 Å². The third kappa shape index (κ3) is 10.7. The van der Waals surface area contributed by atoms with Crippen LogP contribution >= 0.6 is 0 Å². The number of likely N-dealkylation sites (N-methyl/N-ethyl adjacent to an activating group) is 1. The van der Waals surface area contributed by atoms with E-state index >= 15 is 0 Å². The van der Waals surface area contributed by atoms with Crippen LogP contribution in [-0.4, -0.2) is 12.6 Å². The fourth-order valence-corrected chi connectivity index (χ4v) is 5.78. The van der Waals surface area contributed by atoms with E-state index in [1.54, 1.807) is 0 Å². The lowest BCUT2D eigenvalue weighted by molar-refractivity contribution is 0.603. The van der Waals surface area contributed by atoms with Gasteiger partial charge in [-0.3, -0.25) is 0 Å². The first-order valence-corrected chi connectivity index (χ1v) is 17.1. The molecule has 1 heterocycles. The Morgan fingerprint density at radius 2 is 1.05 bits per heavy atom. The molecule has 4 aromatic carbocycles. The van der Waals surface area contributed by atoms with E-state index < -0.39 is 0 Å². The predicted octanol–water partition coefficient (Wildman–Crippen LogP) is 13.1. The van der Waals surface area contributed by atoms with E-state index in [2.05, 4.69) is 137 Å². The summed E-state index contributed by atoms with van der Waals surface area (Å²) < 4.78 is 0. The van der Waals surface area contributed by atoms with Crippen LogP contribution in [0.5, 0.6) is 0 Å². The summed E-state index contributed by atoms with van der Waals surface area (Å²) in [5, 5.41) is 0. The number of nitrogens with zero attached hydrogens (tertiary/aromatic N) is 1. The molecule has 0 fully saturated rings. The Morgan fingerprint density at radius 1 is 0.614 bits per heavy atom. The molecule has 0 N–H and O–H groups in total. The monoisotopic (exact) mass is 596 g/mol. The summed E-state index contributed by atoms with van der Waals surface area (Å²) in [6.45, 7) is 26.5. The highest BCUT2D eigenvalue weighted by molar-refractivity contribution is 5.76. The molecule has 1 nitrogen and oxygen atoms in total. The molecule has 6 rings (SSSR count). The van der Waals surface area contributed by atoms with E-state index in [0.717, 1.165) is 25.8 Å². The second kappa shape index (κ2) is 22.2. The van der Waals surface area contributed by atoms with E-state index in [0.29, 0.717) is 12.0 Å². The standard InChI is InChI=1S/C13H10.C12H17N.C11H16.3C2H6.CH4/c1-3-7-12-10(5-1)9-11-6-2-4-8-13(11)12;1-4-13-10(3)9(2)11-7-5-6-8-12(11)13;1-4-10-6-9(3)7-11(5-2)8-10;3*1-2;/h1-8H,9H2;5-10H,4H2,1-3H3;6-8H,4-5H2,1-3H3;3*1-2H3;1H4/t;9-,10+;;;;;/m.0...../s1. The highest BCUT2D eigenvalue weighted by Gasteiger charge is 2.30. The van der Waals surface area contributed by atoms with Crippen molar-refractivity contribution >= 4 is 5.69 Å². The number of aryl methyl sites for hydroxylation is 3. The zero-order chi connectivity index (χ0) is 32.4. The van der Waals surface area contributed by atoms with Crippen molar-refractivity contribution in [2.75, 3.05) is 11.4 Å². The number of benzene rings is 4. The molecule has 0 spiro atoms. The molecule has 44 heavy (non-hydrogen) atoms. The number of para-hydroxylation sites is 1. The first kappa shape index (κ1) is 40.7. The van der Waals surface area contributed by atoms with Crippen LogP contribution in [0.2, 0.25) is 0 Å². The van der Waals surface area contributed by atoms with Gasteiger partial charge in [0.2, 0.25) is 0 Å². The minimum Gasteiger partial charge on any atom is -0.368 e. The minimum absolute atomic E-state index is 0. The van der Waals surface area contributed by atoms with Gasteiger partial charge in [-0.15, -0.1) is 0 Å². The Kier molecular flexibility index (Phi) is 20.6. The molecule has 0 amide bonds. The third-order valence-electron chi connectivity index (χ3n) is 8.01. The van der Waals surface area contributed by atoms with E-state index in [4.69, 9.17) is 0 Å². The predicted molar refractivity (Wildman–Crippen MR) is 203 cm³/mol. The number of fused-ring (bicyclic) bond motifs is 4. The van der Waals surface area contributed by atoms with Crippen molar-refractivity contribution in [1.29, 1.82) is 0 Å². The summed E-state index contributed by atoms with van der Waals surface area (Å²) in [6, 6.07) is 33.6. The third-order valence-corrected chi connectivity index (χ3v) is 8.01. The van der Waals surface area contributed by atoms with Crippen molar-refractivity contribution in [3.8, 4) is 11.1 Å². The van der Waals surface area contributed by atoms with Crippen LogP contribution in [0.3, 0.4) is 0 Å². The van der Waals surface area contributed by atoms with Crippen molar-refractivity contribution in [3.05, 3.63) is 124 Å². The zero-order valence-electron chi connectivity index (χ0n) is 29.6. The summed E-state index contributed by atoms with van der Waals surface area (Å²) >= 11 is 0. The molecular formula is C43H65N. The van der Waals surface area contributed by atoms with E-state index in [-0.39, 0.29) is 7.43 Å². The molecule has 1 aliphatic heterocycles. The van der Waals surface area contributed by atoms with Gasteiger partial charge >= 0.3 is 0 Å². The summed E-state index contributed by atoms with van der Waals surface area (Å²) in [7, 11) is 0. The summed E-state index contributed by atoms with van der Waals surface area (Å²) in [4.78, 5) is 2.49. The molecule has 0 saturated heterocycles. The minimum atomic E-state index is 0. The number of rotatable bonds is 3. The van der Waals surface area contributed by atoms with Crippen LogP contribution in [0.4, 0.5) is 5.69 Å². The average molecular weight is 596 g/mol. The van der Waals surface area contributed by atoms with Crippen molar-refractivity contribution < 1.29 is 0 Å². The maximum Gasteiger partial charge on any atom is 0.0404 e. The topological polar surface area (TPSA) is 3.24 Å². The molecule has 0 radical (unpaired) electrons. The molecule has 242 valence electrons. The van der Waals surface area contributed by atoms with Gasteiger partial charge in [-0.2, -0.15) is 0 Å². The van der Waals surface area contributed by atoms with Crippen LogP contribution in [0.25, 0.3) is 11.1 Å². The van der Waals surface area contributed by atoms with Crippen LogP contribution < -0.4 is 4.90 Å². The summed E-state index contributed by atoms with van der Waals surface area (Å²) in [5.41, 5.74) is 13.0. The Balaban J connectivity index is 0.000000576. The maximum atomic E-state index is 2.49. The molecule has 0 saturated carbocycles. The van der Waals surface area contributed by atoms with Crippen molar-refractivity contribution in [1.82, 2.24) is 0 Å². The first-order chi connectivity index (χ1) is 21.0. The normalized spacial score (nSPS) is 14.3. The molecule has 0 bridgehead atoms. The Labute approximate surface area is 273 Å². The Morgan fingerprint density at radius 3 is 1.50 bits per heavy atom. The molecule has 2 aliphatic rings. The molecule has 0 aromatic heterocycles. The molecule has 2 atom stereocenters. The summed E-state index contributed by atoms with van der Waals surface area (Å²) in [6.07, 6.45) is 3.40.